The molecule has 0 bridgehead atoms. The van der Waals surface area contributed by atoms with Crippen LogP contribution in [0.1, 0.15) is 52.5 Å². The summed E-state index contributed by atoms with van der Waals surface area (Å²) in [6.07, 6.45) is 3.44. The maximum atomic E-state index is 12.1. The van der Waals surface area contributed by atoms with Crippen molar-refractivity contribution >= 4 is 11.8 Å². The number of nitrogens with zero attached hydrogens (tertiary/aromatic N) is 1. The van der Waals surface area contributed by atoms with Crippen molar-refractivity contribution in [3.05, 3.63) is 29.8 Å². The normalized spacial score (nSPS) is 21.1. The molecule has 1 amide bonds. The van der Waals surface area contributed by atoms with Crippen LogP contribution in [0.25, 0.3) is 0 Å². The molecule has 128 valence electrons. The molecule has 0 radical (unpaired) electrons. The van der Waals surface area contributed by atoms with Gasteiger partial charge in [0.05, 0.1) is 6.54 Å². The van der Waals surface area contributed by atoms with E-state index in [9.17, 15) is 4.79 Å². The van der Waals surface area contributed by atoms with Gasteiger partial charge in [0.1, 0.15) is 5.60 Å². The summed E-state index contributed by atoms with van der Waals surface area (Å²) < 4.78 is 5.43. The van der Waals surface area contributed by atoms with Crippen LogP contribution in [0.4, 0.5) is 10.5 Å². The predicted octanol–water partition coefficient (Wildman–Crippen LogP) is 4.65. The third-order valence-electron chi connectivity index (χ3n) is 4.18. The molecule has 23 heavy (non-hydrogen) atoms. The number of amides is 1. The molecule has 0 heterocycles. The third kappa shape index (κ3) is 5.45. The number of carbonyl (C=O) groups is 1. The van der Waals surface area contributed by atoms with E-state index in [0.717, 1.165) is 17.2 Å². The van der Waals surface area contributed by atoms with E-state index in [-0.39, 0.29) is 6.09 Å². The minimum atomic E-state index is -0.469. The van der Waals surface area contributed by atoms with Crippen molar-refractivity contribution in [2.75, 3.05) is 12.4 Å². The van der Waals surface area contributed by atoms with Gasteiger partial charge in [-0.2, -0.15) is 0 Å². The zero-order chi connectivity index (χ0) is 17.0. The fraction of sp³-hybridized carbons (Fsp3) is 0.632. The number of rotatable bonds is 4. The van der Waals surface area contributed by atoms with E-state index in [1.165, 1.54) is 19.3 Å². The Labute approximate surface area is 140 Å². The number of carbonyl (C=O) groups excluding carboxylic acids is 1. The van der Waals surface area contributed by atoms with E-state index < -0.39 is 5.60 Å². The average molecular weight is 318 g/mol. The first-order chi connectivity index (χ1) is 10.7. The van der Waals surface area contributed by atoms with Crippen molar-refractivity contribution in [1.82, 2.24) is 4.90 Å². The lowest BCUT2D eigenvalue weighted by Crippen LogP contribution is -2.34. The van der Waals surface area contributed by atoms with Crippen LogP contribution >= 0.6 is 0 Å². The Kier molecular flexibility index (Phi) is 5.55. The van der Waals surface area contributed by atoms with E-state index in [0.29, 0.717) is 12.6 Å². The standard InChI is InChI=1S/C19H30N2O2/c1-14-10-11-16(12-14)20-17-9-7-6-8-15(17)13-21(5)18(22)23-19(2,3)4/h6-9,14,16,20H,10-13H2,1-5H3. The Morgan fingerprint density at radius 2 is 2.00 bits per heavy atom. The molecule has 0 aromatic heterocycles. The van der Waals surface area contributed by atoms with Crippen molar-refractivity contribution in [2.24, 2.45) is 5.92 Å². The average Bonchev–Trinajstić information content (AvgIpc) is 2.84. The predicted molar refractivity (Wildman–Crippen MR) is 94.6 cm³/mol. The lowest BCUT2D eigenvalue weighted by Gasteiger charge is -2.26. The van der Waals surface area contributed by atoms with Crippen molar-refractivity contribution < 1.29 is 9.53 Å². The molecule has 0 spiro atoms. The Balaban J connectivity index is 2.01. The first kappa shape index (κ1) is 17.6. The smallest absolute Gasteiger partial charge is 0.410 e. The minimum Gasteiger partial charge on any atom is -0.444 e. The fourth-order valence-electron chi connectivity index (χ4n) is 3.02. The molecule has 2 unspecified atom stereocenters. The first-order valence-corrected chi connectivity index (χ1v) is 8.53. The molecule has 4 heteroatoms. The monoisotopic (exact) mass is 318 g/mol. The number of hydrogen-bond acceptors (Lipinski definition) is 3. The molecule has 2 atom stereocenters. The Bertz CT molecular complexity index is 536. The molecule has 1 aromatic rings. The molecule has 4 nitrogen and oxygen atoms in total. The van der Waals surface area contributed by atoms with Gasteiger partial charge in [-0.05, 0) is 57.6 Å². The zero-order valence-corrected chi connectivity index (χ0v) is 15.1. The minimum absolute atomic E-state index is 0.290. The quantitative estimate of drug-likeness (QED) is 0.878. The second-order valence-electron chi connectivity index (χ2n) is 7.75. The second-order valence-corrected chi connectivity index (χ2v) is 7.75. The molecule has 2 rings (SSSR count). The summed E-state index contributed by atoms with van der Waals surface area (Å²) >= 11 is 0. The van der Waals surface area contributed by atoms with Crippen molar-refractivity contribution in [3.63, 3.8) is 0 Å². The summed E-state index contributed by atoms with van der Waals surface area (Å²) in [5, 5.41) is 3.65. The van der Waals surface area contributed by atoms with E-state index in [1.807, 2.05) is 32.9 Å². The van der Waals surface area contributed by atoms with E-state index in [1.54, 1.807) is 11.9 Å². The summed E-state index contributed by atoms with van der Waals surface area (Å²) in [5.74, 6) is 0.795. The SMILES string of the molecule is CC1CCC(Nc2ccccc2CN(C)C(=O)OC(C)(C)C)C1. The van der Waals surface area contributed by atoms with Crippen molar-refractivity contribution in [2.45, 2.75) is 65.1 Å². The van der Waals surface area contributed by atoms with Gasteiger partial charge < -0.3 is 15.0 Å². The topological polar surface area (TPSA) is 41.6 Å². The molecule has 1 aromatic carbocycles. The van der Waals surface area contributed by atoms with E-state index in [4.69, 9.17) is 4.74 Å². The lowest BCUT2D eigenvalue weighted by atomic mass is 10.1. The van der Waals surface area contributed by atoms with Crippen LogP contribution in [0.3, 0.4) is 0 Å². The second kappa shape index (κ2) is 7.24. The summed E-state index contributed by atoms with van der Waals surface area (Å²) in [4.78, 5) is 13.8. The largest absolute Gasteiger partial charge is 0.444 e. The van der Waals surface area contributed by atoms with Crippen molar-refractivity contribution in [1.29, 1.82) is 0 Å². The molecular weight excluding hydrogens is 288 g/mol. The summed E-state index contributed by atoms with van der Waals surface area (Å²) in [6.45, 7) is 8.50. The number of ether oxygens (including phenoxy) is 1. The maximum Gasteiger partial charge on any atom is 0.410 e. The van der Waals surface area contributed by atoms with Crippen LogP contribution < -0.4 is 5.32 Å². The highest BCUT2D eigenvalue weighted by Crippen LogP contribution is 2.29. The molecule has 1 aliphatic rings. The van der Waals surface area contributed by atoms with E-state index >= 15 is 0 Å². The Morgan fingerprint density at radius 1 is 1.30 bits per heavy atom. The van der Waals surface area contributed by atoms with Gasteiger partial charge in [0, 0.05) is 18.8 Å². The van der Waals surface area contributed by atoms with Crippen LogP contribution in [0.5, 0.6) is 0 Å². The molecule has 1 aliphatic carbocycles. The lowest BCUT2D eigenvalue weighted by molar-refractivity contribution is 0.0285. The molecule has 1 saturated carbocycles. The Hall–Kier alpha value is -1.71. The van der Waals surface area contributed by atoms with Crippen molar-refractivity contribution in [3.8, 4) is 0 Å². The van der Waals surface area contributed by atoms with Crippen LogP contribution in [-0.4, -0.2) is 29.7 Å². The zero-order valence-electron chi connectivity index (χ0n) is 15.1. The first-order valence-electron chi connectivity index (χ1n) is 8.53. The van der Waals surface area contributed by atoms with Crippen LogP contribution in [0.15, 0.2) is 24.3 Å². The van der Waals surface area contributed by atoms with Gasteiger partial charge in [0.25, 0.3) is 0 Å². The number of hydrogen-bond donors (Lipinski definition) is 1. The summed E-state index contributed by atoms with van der Waals surface area (Å²) in [6, 6.07) is 8.76. The number of benzene rings is 1. The van der Waals surface area contributed by atoms with E-state index in [2.05, 4.69) is 24.4 Å². The maximum absolute atomic E-state index is 12.1. The third-order valence-corrected chi connectivity index (χ3v) is 4.18. The number of nitrogens with one attached hydrogen (secondary N) is 1. The van der Waals surface area contributed by atoms with Gasteiger partial charge in [0.2, 0.25) is 0 Å². The Morgan fingerprint density at radius 3 is 2.61 bits per heavy atom. The van der Waals surface area contributed by atoms with Gasteiger partial charge in [-0.25, -0.2) is 4.79 Å². The van der Waals surface area contributed by atoms with Crippen LogP contribution in [-0.2, 0) is 11.3 Å². The molecule has 0 saturated heterocycles. The summed E-state index contributed by atoms with van der Waals surface area (Å²) in [5.41, 5.74) is 1.78. The number of anilines is 1. The molecule has 1 fully saturated rings. The molecule has 0 aliphatic heterocycles. The number of para-hydroxylation sites is 1. The van der Waals surface area contributed by atoms with Crippen LogP contribution in [0.2, 0.25) is 0 Å². The summed E-state index contributed by atoms with van der Waals surface area (Å²) in [7, 11) is 1.78. The molecule has 1 N–H and O–H groups in total. The highest BCUT2D eigenvalue weighted by molar-refractivity contribution is 5.68. The van der Waals surface area contributed by atoms with Crippen LogP contribution in [0, 0.1) is 5.92 Å². The van der Waals surface area contributed by atoms with Gasteiger partial charge in [-0.3, -0.25) is 0 Å². The van der Waals surface area contributed by atoms with Gasteiger partial charge >= 0.3 is 6.09 Å². The highest BCUT2D eigenvalue weighted by atomic mass is 16.6. The van der Waals surface area contributed by atoms with Gasteiger partial charge in [0.15, 0.2) is 0 Å². The van der Waals surface area contributed by atoms with Gasteiger partial charge in [-0.15, -0.1) is 0 Å². The highest BCUT2D eigenvalue weighted by Gasteiger charge is 2.23. The van der Waals surface area contributed by atoms with Gasteiger partial charge in [-0.1, -0.05) is 25.1 Å². The fourth-order valence-corrected chi connectivity index (χ4v) is 3.02. The molecular formula is C19H30N2O2.